The van der Waals surface area contributed by atoms with Crippen molar-refractivity contribution in [1.82, 2.24) is 0 Å². The van der Waals surface area contributed by atoms with E-state index in [0.29, 0.717) is 0 Å². The molecule has 0 aromatic heterocycles. The van der Waals surface area contributed by atoms with Crippen LogP contribution in [0.1, 0.15) is 5.56 Å². The van der Waals surface area contributed by atoms with E-state index in [9.17, 15) is 0 Å². The fraction of sp³-hybridized carbons (Fsp3) is 0. The predicted octanol–water partition coefficient (Wildman–Crippen LogP) is 6.48. The van der Waals surface area contributed by atoms with Crippen LogP contribution in [0.4, 0.5) is 0 Å². The molecule has 0 saturated heterocycles. The number of hydrogen-bond acceptors (Lipinski definition) is 0. The van der Waals surface area contributed by atoms with Crippen LogP contribution in [0, 0.1) is 21.4 Å². The maximum Gasteiger partial charge on any atom is 3.00 e. The van der Waals surface area contributed by atoms with Crippen molar-refractivity contribution in [3.8, 4) is 0 Å². The van der Waals surface area contributed by atoms with Crippen LogP contribution < -0.4 is 15.9 Å². The molecule has 0 bridgehead atoms. The Hall–Kier alpha value is -2.21. The number of hydrogen-bond donors (Lipinski definition) is 0. The minimum atomic E-state index is -0.446. The van der Waals surface area contributed by atoms with Gasteiger partial charge in [0.2, 0.25) is 0 Å². The van der Waals surface area contributed by atoms with Gasteiger partial charge in [-0.15, -0.1) is 12.1 Å². The maximum atomic E-state index is 5.22. The summed E-state index contributed by atoms with van der Waals surface area (Å²) in [4.78, 5) is 0. The van der Waals surface area contributed by atoms with E-state index in [2.05, 4.69) is 91.0 Å². The molecule has 156 valence electrons. The Bertz CT molecular complexity index is 829. The van der Waals surface area contributed by atoms with Crippen LogP contribution in [0.5, 0.6) is 0 Å². The molecule has 2 heteroatoms. The third-order valence-corrected chi connectivity index (χ3v) is 6.48. The van der Waals surface area contributed by atoms with Gasteiger partial charge >= 0.3 is 22.4 Å². The van der Waals surface area contributed by atoms with Crippen molar-refractivity contribution in [2.75, 3.05) is 0 Å². The SMILES string of the molecule is [Au+3].[CH-]=Cc1ccccc1.[CH3-].[CH3-].c1ccc(P(c2ccccc2)c2ccccc2)cc1. The van der Waals surface area contributed by atoms with Gasteiger partial charge in [-0.25, -0.2) is 6.08 Å². The molecule has 0 aliphatic heterocycles. The first kappa shape index (κ1) is 27.8. The van der Waals surface area contributed by atoms with Gasteiger partial charge in [0.05, 0.1) is 0 Å². The van der Waals surface area contributed by atoms with Gasteiger partial charge in [0.15, 0.2) is 0 Å². The minimum Gasteiger partial charge on any atom is -0.358 e. The molecular weight excluding hydrogens is 564 g/mol. The van der Waals surface area contributed by atoms with Crippen LogP contribution in [0.15, 0.2) is 121 Å². The van der Waals surface area contributed by atoms with Crippen LogP contribution in [-0.2, 0) is 22.4 Å². The van der Waals surface area contributed by atoms with Crippen molar-refractivity contribution in [3.05, 3.63) is 148 Å². The molecule has 0 nitrogen and oxygen atoms in total. The molecular formula is C28H28AuP. The Labute approximate surface area is 200 Å². The van der Waals surface area contributed by atoms with E-state index in [0.717, 1.165) is 5.56 Å². The molecule has 0 amide bonds. The first-order valence-electron chi connectivity index (χ1n) is 8.94. The summed E-state index contributed by atoms with van der Waals surface area (Å²) < 4.78 is 0. The molecule has 0 heterocycles. The van der Waals surface area contributed by atoms with Crippen molar-refractivity contribution in [2.24, 2.45) is 0 Å². The molecule has 0 aliphatic rings. The molecule has 0 N–H and O–H groups in total. The third-order valence-electron chi connectivity index (χ3n) is 4.04. The summed E-state index contributed by atoms with van der Waals surface area (Å²) in [5, 5.41) is 4.19. The van der Waals surface area contributed by atoms with E-state index in [1.54, 1.807) is 6.08 Å². The normalized spacial score (nSPS) is 8.97. The molecule has 4 aromatic carbocycles. The fourth-order valence-corrected chi connectivity index (χ4v) is 5.05. The second kappa shape index (κ2) is 15.6. The van der Waals surface area contributed by atoms with Gasteiger partial charge in [-0.2, -0.15) is 5.56 Å². The van der Waals surface area contributed by atoms with Gasteiger partial charge in [-0.05, 0) is 23.8 Å². The average molecular weight is 592 g/mol. The van der Waals surface area contributed by atoms with Crippen LogP contribution in [0.25, 0.3) is 6.08 Å². The number of rotatable bonds is 4. The Morgan fingerprint density at radius 1 is 0.467 bits per heavy atom. The maximum absolute atomic E-state index is 5.22. The summed E-state index contributed by atoms with van der Waals surface area (Å²) in [6.07, 6.45) is 1.58. The molecule has 0 fully saturated rings. The van der Waals surface area contributed by atoms with Gasteiger partial charge in [0, 0.05) is 0 Å². The molecule has 4 rings (SSSR count). The van der Waals surface area contributed by atoms with E-state index < -0.39 is 7.92 Å². The fourth-order valence-electron chi connectivity index (χ4n) is 2.74. The van der Waals surface area contributed by atoms with E-state index >= 15 is 0 Å². The van der Waals surface area contributed by atoms with Crippen molar-refractivity contribution in [1.29, 1.82) is 0 Å². The molecule has 0 atom stereocenters. The Balaban J connectivity index is 0.000000659. The standard InChI is InChI=1S/C18H15P.C8H7.2CH3.Au/c1-4-10-16(11-5-1)19(17-12-6-2-7-13-17)18-14-8-3-9-15-18;1-2-8-6-4-3-5-7-8;;;/h1-15H;1-7H;2*1H3;/q;3*-1;+3. The first-order valence-corrected chi connectivity index (χ1v) is 10.3. The minimum absolute atomic E-state index is 0. The summed E-state index contributed by atoms with van der Waals surface area (Å²) in [6, 6.07) is 42.1. The van der Waals surface area contributed by atoms with Gasteiger partial charge in [-0.1, -0.05) is 109 Å². The van der Waals surface area contributed by atoms with Gasteiger partial charge in [0.25, 0.3) is 0 Å². The monoisotopic (exact) mass is 592 g/mol. The molecule has 0 radical (unpaired) electrons. The van der Waals surface area contributed by atoms with Crippen LogP contribution in [0.2, 0.25) is 0 Å². The molecule has 0 unspecified atom stereocenters. The molecule has 0 saturated carbocycles. The van der Waals surface area contributed by atoms with Crippen LogP contribution >= 0.6 is 7.92 Å². The third kappa shape index (κ3) is 8.27. The van der Waals surface area contributed by atoms with Gasteiger partial charge in [-0.3, -0.25) is 6.58 Å². The summed E-state index contributed by atoms with van der Waals surface area (Å²) in [5.41, 5.74) is 1.06. The second-order valence-electron chi connectivity index (χ2n) is 5.92. The van der Waals surface area contributed by atoms with Gasteiger partial charge < -0.3 is 14.9 Å². The van der Waals surface area contributed by atoms with Crippen molar-refractivity contribution in [2.45, 2.75) is 0 Å². The predicted molar refractivity (Wildman–Crippen MR) is 133 cm³/mol. The van der Waals surface area contributed by atoms with E-state index in [1.807, 2.05) is 30.3 Å². The van der Waals surface area contributed by atoms with E-state index in [-0.39, 0.29) is 37.2 Å². The summed E-state index contributed by atoms with van der Waals surface area (Å²) in [7, 11) is -0.446. The Morgan fingerprint density at radius 2 is 0.733 bits per heavy atom. The summed E-state index contributed by atoms with van der Waals surface area (Å²) in [5.74, 6) is 0. The van der Waals surface area contributed by atoms with Crippen molar-refractivity contribution >= 4 is 29.9 Å². The quantitative estimate of drug-likeness (QED) is 0.145. The Kier molecular flexibility index (Phi) is 14.5. The topological polar surface area (TPSA) is 0 Å². The largest absolute Gasteiger partial charge is 3.00 e. The smallest absolute Gasteiger partial charge is 0.358 e. The van der Waals surface area contributed by atoms with E-state index in [4.69, 9.17) is 6.58 Å². The summed E-state index contributed by atoms with van der Waals surface area (Å²) in [6.45, 7) is 5.22. The molecule has 30 heavy (non-hydrogen) atoms. The molecule has 0 spiro atoms. The van der Waals surface area contributed by atoms with E-state index in [1.165, 1.54) is 15.9 Å². The molecule has 4 aromatic rings. The van der Waals surface area contributed by atoms with Gasteiger partial charge in [0.1, 0.15) is 0 Å². The Morgan fingerprint density at radius 3 is 0.967 bits per heavy atom. The zero-order chi connectivity index (χ0) is 18.7. The zero-order valence-electron chi connectivity index (χ0n) is 17.5. The second-order valence-corrected chi connectivity index (χ2v) is 8.14. The van der Waals surface area contributed by atoms with Crippen molar-refractivity contribution in [3.63, 3.8) is 0 Å². The molecule has 0 aliphatic carbocycles. The average Bonchev–Trinajstić information content (AvgIpc) is 2.77. The van der Waals surface area contributed by atoms with Crippen LogP contribution in [0.3, 0.4) is 0 Å². The van der Waals surface area contributed by atoms with Crippen molar-refractivity contribution < 1.29 is 22.4 Å². The summed E-state index contributed by atoms with van der Waals surface area (Å²) >= 11 is 0. The first-order chi connectivity index (χ1) is 13.4. The number of benzene rings is 4. The van der Waals surface area contributed by atoms with Crippen LogP contribution in [-0.4, -0.2) is 0 Å². The zero-order valence-corrected chi connectivity index (χ0v) is 20.5.